The van der Waals surface area contributed by atoms with Crippen molar-refractivity contribution in [1.29, 1.82) is 0 Å². The van der Waals surface area contributed by atoms with Crippen LogP contribution in [0.2, 0.25) is 0 Å². The van der Waals surface area contributed by atoms with Crippen molar-refractivity contribution in [3.63, 3.8) is 0 Å². The molecule has 1 aromatic carbocycles. The van der Waals surface area contributed by atoms with Gasteiger partial charge in [0.05, 0.1) is 15.8 Å². The van der Waals surface area contributed by atoms with Gasteiger partial charge in [-0.2, -0.15) is 13.2 Å². The number of amides is 2. The molecule has 0 aliphatic carbocycles. The number of carbonyl (C=O) groups is 2. The summed E-state index contributed by atoms with van der Waals surface area (Å²) < 4.78 is 38.9. The van der Waals surface area contributed by atoms with Gasteiger partial charge in [0.15, 0.2) is 5.13 Å². The van der Waals surface area contributed by atoms with E-state index in [0.29, 0.717) is 42.6 Å². The monoisotopic (exact) mass is 463 g/mol. The molecule has 0 unspecified atom stereocenters. The fourth-order valence-corrected chi connectivity index (χ4v) is 4.49. The largest absolute Gasteiger partial charge is 0.417 e. The highest BCUT2D eigenvalue weighted by Gasteiger charge is 2.31. The smallest absolute Gasteiger partial charge is 0.357 e. The van der Waals surface area contributed by atoms with Crippen molar-refractivity contribution < 1.29 is 22.8 Å². The molecule has 3 aromatic rings. The van der Waals surface area contributed by atoms with Gasteiger partial charge in [-0.1, -0.05) is 11.3 Å². The number of pyridine rings is 1. The SMILES string of the molecule is CC(=O)Nc1ccc2nc(NC(=O)C3CCN(c4ccc(C(F)(F)F)cn4)CC3)sc2c1. The number of nitrogens with zero attached hydrogens (tertiary/aromatic N) is 3. The number of rotatable bonds is 4. The number of thiazole rings is 1. The van der Waals surface area contributed by atoms with E-state index >= 15 is 0 Å². The lowest BCUT2D eigenvalue weighted by Crippen LogP contribution is -2.38. The minimum Gasteiger partial charge on any atom is -0.357 e. The van der Waals surface area contributed by atoms with Gasteiger partial charge in [0.2, 0.25) is 11.8 Å². The molecule has 2 amide bonds. The Labute approximate surface area is 185 Å². The van der Waals surface area contributed by atoms with Gasteiger partial charge in [0.1, 0.15) is 5.82 Å². The molecule has 1 fully saturated rings. The highest BCUT2D eigenvalue weighted by Crippen LogP contribution is 2.31. The van der Waals surface area contributed by atoms with E-state index in [9.17, 15) is 22.8 Å². The minimum atomic E-state index is -4.41. The van der Waals surface area contributed by atoms with E-state index in [4.69, 9.17) is 0 Å². The number of hydrogen-bond donors (Lipinski definition) is 2. The molecule has 1 saturated heterocycles. The zero-order chi connectivity index (χ0) is 22.9. The van der Waals surface area contributed by atoms with Crippen LogP contribution in [0.1, 0.15) is 25.3 Å². The number of benzene rings is 1. The number of hydrogen-bond acceptors (Lipinski definition) is 6. The fraction of sp³-hybridized carbons (Fsp3) is 0.333. The number of anilines is 3. The third-order valence-corrected chi connectivity index (χ3v) is 6.14. The average molecular weight is 463 g/mol. The first-order valence-corrected chi connectivity index (χ1v) is 10.8. The van der Waals surface area contributed by atoms with Crippen LogP contribution >= 0.6 is 11.3 Å². The van der Waals surface area contributed by atoms with Crippen LogP contribution in [0.25, 0.3) is 10.2 Å². The molecule has 7 nitrogen and oxygen atoms in total. The molecule has 1 aliphatic heterocycles. The molecule has 0 spiro atoms. The zero-order valence-corrected chi connectivity index (χ0v) is 17.9. The van der Waals surface area contributed by atoms with Crippen molar-refractivity contribution in [3.05, 3.63) is 42.1 Å². The summed E-state index contributed by atoms with van der Waals surface area (Å²) in [5.74, 6) is -0.0490. The number of aromatic nitrogens is 2. The normalized spacial score (nSPS) is 15.1. The van der Waals surface area contributed by atoms with Gasteiger partial charge in [-0.3, -0.25) is 9.59 Å². The summed E-state index contributed by atoms with van der Waals surface area (Å²) in [6, 6.07) is 7.72. The lowest BCUT2D eigenvalue weighted by atomic mass is 9.96. The van der Waals surface area contributed by atoms with Crippen LogP contribution in [0, 0.1) is 5.92 Å². The molecular weight excluding hydrogens is 443 g/mol. The summed E-state index contributed by atoms with van der Waals surface area (Å²) in [6.07, 6.45) is -2.46. The van der Waals surface area contributed by atoms with E-state index in [1.807, 2.05) is 4.90 Å². The topological polar surface area (TPSA) is 87.2 Å². The molecule has 0 atom stereocenters. The van der Waals surface area contributed by atoms with Crippen molar-refractivity contribution in [1.82, 2.24) is 9.97 Å². The van der Waals surface area contributed by atoms with E-state index in [0.717, 1.165) is 22.5 Å². The zero-order valence-electron chi connectivity index (χ0n) is 17.1. The second-order valence-electron chi connectivity index (χ2n) is 7.54. The Balaban J connectivity index is 1.35. The first-order valence-electron chi connectivity index (χ1n) is 9.96. The first-order chi connectivity index (χ1) is 15.2. The van der Waals surface area contributed by atoms with Crippen LogP contribution in [-0.4, -0.2) is 34.9 Å². The fourth-order valence-electron chi connectivity index (χ4n) is 3.58. The van der Waals surface area contributed by atoms with Crippen molar-refractivity contribution in [3.8, 4) is 0 Å². The second-order valence-corrected chi connectivity index (χ2v) is 8.57. The predicted octanol–water partition coefficient (Wildman–Crippen LogP) is 4.52. The molecular formula is C21H20F3N5O2S. The summed E-state index contributed by atoms with van der Waals surface area (Å²) >= 11 is 1.32. The van der Waals surface area contributed by atoms with Gasteiger partial charge < -0.3 is 15.5 Å². The van der Waals surface area contributed by atoms with Crippen LogP contribution in [0.15, 0.2) is 36.5 Å². The molecule has 2 aromatic heterocycles. The number of piperidine rings is 1. The molecule has 0 bridgehead atoms. The quantitative estimate of drug-likeness (QED) is 0.594. The van der Waals surface area contributed by atoms with E-state index < -0.39 is 11.7 Å². The molecule has 3 heterocycles. The Hall–Kier alpha value is -3.21. The Morgan fingerprint density at radius 2 is 1.88 bits per heavy atom. The molecule has 168 valence electrons. The second kappa shape index (κ2) is 8.73. The maximum atomic E-state index is 12.7. The summed E-state index contributed by atoms with van der Waals surface area (Å²) in [5, 5.41) is 6.06. The van der Waals surface area contributed by atoms with Gasteiger partial charge in [0, 0.05) is 37.8 Å². The Morgan fingerprint density at radius 1 is 1.12 bits per heavy atom. The molecule has 4 rings (SSSR count). The molecule has 0 saturated carbocycles. The molecule has 11 heteroatoms. The van der Waals surface area contributed by atoms with Crippen molar-refractivity contribution >= 4 is 50.0 Å². The number of carbonyl (C=O) groups excluding carboxylic acids is 2. The highest BCUT2D eigenvalue weighted by molar-refractivity contribution is 7.22. The van der Waals surface area contributed by atoms with Gasteiger partial charge in [0.25, 0.3) is 0 Å². The first kappa shape index (κ1) is 22.0. The highest BCUT2D eigenvalue weighted by atomic mass is 32.1. The summed E-state index contributed by atoms with van der Waals surface area (Å²) in [4.78, 5) is 34.1. The minimum absolute atomic E-state index is 0.133. The lowest BCUT2D eigenvalue weighted by molar-refractivity contribution is -0.137. The van der Waals surface area contributed by atoms with Crippen LogP contribution in [-0.2, 0) is 15.8 Å². The van der Waals surface area contributed by atoms with E-state index in [-0.39, 0.29) is 17.7 Å². The predicted molar refractivity (Wildman–Crippen MR) is 117 cm³/mol. The van der Waals surface area contributed by atoms with Gasteiger partial charge in [-0.15, -0.1) is 0 Å². The summed E-state index contributed by atoms with van der Waals surface area (Å²) in [5.41, 5.74) is 0.605. The number of alkyl halides is 3. The molecule has 0 radical (unpaired) electrons. The lowest BCUT2D eigenvalue weighted by Gasteiger charge is -2.32. The van der Waals surface area contributed by atoms with Crippen LogP contribution in [0.3, 0.4) is 0 Å². The third-order valence-electron chi connectivity index (χ3n) is 5.20. The third kappa shape index (κ3) is 4.98. The van der Waals surface area contributed by atoms with Crippen LogP contribution < -0.4 is 15.5 Å². The van der Waals surface area contributed by atoms with Gasteiger partial charge >= 0.3 is 6.18 Å². The maximum Gasteiger partial charge on any atom is 0.417 e. The van der Waals surface area contributed by atoms with E-state index in [1.165, 1.54) is 24.3 Å². The standard InChI is InChI=1S/C21H20F3N5O2S/c1-12(30)26-15-3-4-16-17(10-15)32-20(27-16)28-19(31)13-6-8-29(9-7-13)18-5-2-14(11-25-18)21(22,23)24/h2-5,10-11,13H,6-9H2,1H3,(H,26,30)(H,27,28,31). The summed E-state index contributed by atoms with van der Waals surface area (Å²) in [7, 11) is 0. The molecule has 2 N–H and O–H groups in total. The van der Waals surface area contributed by atoms with Crippen LogP contribution in [0.5, 0.6) is 0 Å². The Kier molecular flexibility index (Phi) is 6.00. The van der Waals surface area contributed by atoms with Crippen LogP contribution in [0.4, 0.5) is 29.8 Å². The molecule has 32 heavy (non-hydrogen) atoms. The van der Waals surface area contributed by atoms with E-state index in [1.54, 1.807) is 18.2 Å². The summed E-state index contributed by atoms with van der Waals surface area (Å²) in [6.45, 7) is 2.48. The van der Waals surface area contributed by atoms with Crippen molar-refractivity contribution in [2.75, 3.05) is 28.6 Å². The van der Waals surface area contributed by atoms with Crippen molar-refractivity contribution in [2.45, 2.75) is 25.9 Å². The van der Waals surface area contributed by atoms with E-state index in [2.05, 4.69) is 20.6 Å². The maximum absolute atomic E-state index is 12.7. The van der Waals surface area contributed by atoms with Crippen molar-refractivity contribution in [2.24, 2.45) is 5.92 Å². The number of halogens is 3. The van der Waals surface area contributed by atoms with Gasteiger partial charge in [-0.05, 0) is 43.2 Å². The number of fused-ring (bicyclic) bond motifs is 1. The Morgan fingerprint density at radius 3 is 2.50 bits per heavy atom. The number of nitrogens with one attached hydrogen (secondary N) is 2. The van der Waals surface area contributed by atoms with Gasteiger partial charge in [-0.25, -0.2) is 9.97 Å². The average Bonchev–Trinajstić information content (AvgIpc) is 3.14. The Bertz CT molecular complexity index is 1140. The molecule has 1 aliphatic rings.